The van der Waals surface area contributed by atoms with Gasteiger partial charge in [-0.05, 0) is 36.9 Å². The summed E-state index contributed by atoms with van der Waals surface area (Å²) in [6, 6.07) is 8.01. The Bertz CT molecular complexity index is 948. The van der Waals surface area contributed by atoms with Gasteiger partial charge in [-0.2, -0.15) is 0 Å². The van der Waals surface area contributed by atoms with E-state index < -0.39 is 0 Å². The number of nitrogens with zero attached hydrogens (tertiary/aromatic N) is 5. The van der Waals surface area contributed by atoms with E-state index in [0.29, 0.717) is 0 Å². The Morgan fingerprint density at radius 2 is 1.89 bits per heavy atom. The summed E-state index contributed by atoms with van der Waals surface area (Å²) < 4.78 is 2.98. The predicted octanol–water partition coefficient (Wildman–Crippen LogP) is 2.79. The highest BCUT2D eigenvalue weighted by Gasteiger charge is 2.18. The van der Waals surface area contributed by atoms with Gasteiger partial charge in [-0.25, -0.2) is 9.97 Å². The van der Waals surface area contributed by atoms with Gasteiger partial charge in [0.1, 0.15) is 0 Å². The standard InChI is InChI=1S/C19H23N5OS2/c1-26-15-4-5-17-16(14-15)18(25)24(27-17)9-3-8-22-10-12-23(13-11-22)19-20-6-2-7-21-19/h2,4-7,14H,3,8-13H2,1H3. The van der Waals surface area contributed by atoms with Crippen molar-refractivity contribution in [2.45, 2.75) is 17.9 Å². The SMILES string of the molecule is CSc1ccc2sn(CCCN3CCN(c4ncccn4)CC3)c(=O)c2c1. The fourth-order valence-electron chi connectivity index (χ4n) is 3.39. The Balaban J connectivity index is 1.30. The van der Waals surface area contributed by atoms with E-state index in [1.54, 1.807) is 35.7 Å². The summed E-state index contributed by atoms with van der Waals surface area (Å²) in [5.74, 6) is 0.818. The fraction of sp³-hybridized carbons (Fsp3) is 0.421. The molecule has 1 aromatic carbocycles. The molecule has 4 rings (SSSR count). The number of aryl methyl sites for hydroxylation is 1. The molecule has 8 heteroatoms. The van der Waals surface area contributed by atoms with Crippen molar-refractivity contribution in [1.82, 2.24) is 18.8 Å². The van der Waals surface area contributed by atoms with E-state index in [9.17, 15) is 4.79 Å². The van der Waals surface area contributed by atoms with Crippen LogP contribution in [0.1, 0.15) is 6.42 Å². The van der Waals surface area contributed by atoms with E-state index in [1.807, 2.05) is 22.3 Å². The molecule has 0 amide bonds. The van der Waals surface area contributed by atoms with Crippen LogP contribution in [-0.2, 0) is 6.54 Å². The summed E-state index contributed by atoms with van der Waals surface area (Å²) in [5.41, 5.74) is 0.150. The Hall–Kier alpha value is -1.90. The van der Waals surface area contributed by atoms with Gasteiger partial charge in [-0.3, -0.25) is 13.7 Å². The molecule has 6 nitrogen and oxygen atoms in total. The molecule has 2 aromatic heterocycles. The molecule has 27 heavy (non-hydrogen) atoms. The molecule has 1 saturated heterocycles. The molecular weight excluding hydrogens is 378 g/mol. The van der Waals surface area contributed by atoms with Crippen LogP contribution in [0.2, 0.25) is 0 Å². The Kier molecular flexibility index (Phi) is 5.75. The zero-order chi connectivity index (χ0) is 18.6. The molecule has 1 fully saturated rings. The van der Waals surface area contributed by atoms with E-state index in [0.717, 1.165) is 66.6 Å². The van der Waals surface area contributed by atoms with Crippen molar-refractivity contribution in [3.63, 3.8) is 0 Å². The lowest BCUT2D eigenvalue weighted by Gasteiger charge is -2.34. The summed E-state index contributed by atoms with van der Waals surface area (Å²) in [4.78, 5) is 27.1. The monoisotopic (exact) mass is 401 g/mol. The van der Waals surface area contributed by atoms with Gasteiger partial charge in [0, 0.05) is 56.6 Å². The summed E-state index contributed by atoms with van der Waals surface area (Å²) in [6.45, 7) is 5.72. The first kappa shape index (κ1) is 18.5. The fourth-order valence-corrected chi connectivity index (χ4v) is 4.84. The summed E-state index contributed by atoms with van der Waals surface area (Å²) in [6.07, 6.45) is 6.61. The topological polar surface area (TPSA) is 54.3 Å². The van der Waals surface area contributed by atoms with E-state index in [-0.39, 0.29) is 5.56 Å². The quantitative estimate of drug-likeness (QED) is 0.592. The molecular formula is C19H23N5OS2. The van der Waals surface area contributed by atoms with Gasteiger partial charge in [0.2, 0.25) is 5.95 Å². The molecule has 0 bridgehead atoms. The lowest BCUT2D eigenvalue weighted by molar-refractivity contribution is 0.250. The van der Waals surface area contributed by atoms with Crippen LogP contribution < -0.4 is 10.5 Å². The van der Waals surface area contributed by atoms with Crippen molar-refractivity contribution < 1.29 is 0 Å². The minimum atomic E-state index is 0.150. The first-order valence-electron chi connectivity index (χ1n) is 9.17. The minimum Gasteiger partial charge on any atom is -0.338 e. The Labute approximate surface area is 167 Å². The molecule has 0 spiro atoms. The largest absolute Gasteiger partial charge is 0.338 e. The van der Waals surface area contributed by atoms with Gasteiger partial charge < -0.3 is 4.90 Å². The average molecular weight is 402 g/mol. The van der Waals surface area contributed by atoms with Gasteiger partial charge >= 0.3 is 0 Å². The van der Waals surface area contributed by atoms with Gasteiger partial charge in [-0.1, -0.05) is 11.5 Å². The predicted molar refractivity (Wildman–Crippen MR) is 113 cm³/mol. The lowest BCUT2D eigenvalue weighted by Crippen LogP contribution is -2.47. The highest BCUT2D eigenvalue weighted by Crippen LogP contribution is 2.23. The van der Waals surface area contributed by atoms with Crippen LogP contribution in [-0.4, -0.2) is 57.8 Å². The van der Waals surface area contributed by atoms with Crippen LogP contribution >= 0.6 is 23.3 Å². The second-order valence-electron chi connectivity index (χ2n) is 6.59. The minimum absolute atomic E-state index is 0.150. The number of rotatable bonds is 6. The maximum atomic E-state index is 12.6. The van der Waals surface area contributed by atoms with Crippen LogP contribution in [0.15, 0.2) is 46.3 Å². The Morgan fingerprint density at radius 3 is 2.63 bits per heavy atom. The van der Waals surface area contributed by atoms with Gasteiger partial charge in [-0.15, -0.1) is 11.8 Å². The lowest BCUT2D eigenvalue weighted by atomic mass is 10.3. The molecule has 0 saturated carbocycles. The molecule has 0 aliphatic carbocycles. The number of anilines is 1. The molecule has 1 aliphatic rings. The smallest absolute Gasteiger partial charge is 0.268 e. The zero-order valence-electron chi connectivity index (χ0n) is 15.4. The van der Waals surface area contributed by atoms with Gasteiger partial charge in [0.05, 0.1) is 10.1 Å². The van der Waals surface area contributed by atoms with Crippen LogP contribution in [0.3, 0.4) is 0 Å². The third kappa shape index (κ3) is 4.17. The van der Waals surface area contributed by atoms with Crippen LogP contribution in [0.5, 0.6) is 0 Å². The third-order valence-corrected chi connectivity index (χ3v) is 6.74. The summed E-state index contributed by atoms with van der Waals surface area (Å²) in [7, 11) is 0. The van der Waals surface area contributed by atoms with Gasteiger partial charge in [0.25, 0.3) is 5.56 Å². The molecule has 0 unspecified atom stereocenters. The van der Waals surface area contributed by atoms with E-state index in [2.05, 4.69) is 31.9 Å². The van der Waals surface area contributed by atoms with Crippen molar-refractivity contribution >= 4 is 39.3 Å². The molecule has 0 N–H and O–H groups in total. The second kappa shape index (κ2) is 8.41. The highest BCUT2D eigenvalue weighted by atomic mass is 32.2. The molecule has 142 valence electrons. The van der Waals surface area contributed by atoms with Crippen molar-refractivity contribution in [3.05, 3.63) is 47.0 Å². The number of fused-ring (bicyclic) bond motifs is 1. The summed E-state index contributed by atoms with van der Waals surface area (Å²) in [5, 5.41) is 0.850. The maximum absolute atomic E-state index is 12.6. The van der Waals surface area contributed by atoms with Crippen LogP contribution in [0.4, 0.5) is 5.95 Å². The van der Waals surface area contributed by atoms with E-state index >= 15 is 0 Å². The first-order valence-corrected chi connectivity index (χ1v) is 11.2. The van der Waals surface area contributed by atoms with Crippen molar-refractivity contribution in [3.8, 4) is 0 Å². The number of aromatic nitrogens is 3. The van der Waals surface area contributed by atoms with Crippen molar-refractivity contribution in [2.75, 3.05) is 43.9 Å². The highest BCUT2D eigenvalue weighted by molar-refractivity contribution is 7.98. The molecule has 0 atom stereocenters. The normalized spacial score (nSPS) is 15.5. The maximum Gasteiger partial charge on any atom is 0.268 e. The van der Waals surface area contributed by atoms with Crippen molar-refractivity contribution in [1.29, 1.82) is 0 Å². The number of hydrogen-bond donors (Lipinski definition) is 0. The van der Waals surface area contributed by atoms with E-state index in [1.165, 1.54) is 0 Å². The molecule has 3 heterocycles. The van der Waals surface area contributed by atoms with Crippen LogP contribution in [0.25, 0.3) is 10.1 Å². The molecule has 3 aromatic rings. The number of thioether (sulfide) groups is 1. The summed E-state index contributed by atoms with van der Waals surface area (Å²) >= 11 is 3.25. The van der Waals surface area contributed by atoms with Crippen molar-refractivity contribution in [2.24, 2.45) is 0 Å². The molecule has 0 radical (unpaired) electrons. The van der Waals surface area contributed by atoms with E-state index in [4.69, 9.17) is 0 Å². The first-order chi connectivity index (χ1) is 13.2. The Morgan fingerprint density at radius 1 is 1.11 bits per heavy atom. The number of benzene rings is 1. The van der Waals surface area contributed by atoms with Gasteiger partial charge in [0.15, 0.2) is 0 Å². The average Bonchev–Trinajstić information content (AvgIpc) is 3.04. The molecule has 1 aliphatic heterocycles. The third-order valence-electron chi connectivity index (χ3n) is 4.90. The second-order valence-corrected chi connectivity index (χ2v) is 8.53. The zero-order valence-corrected chi connectivity index (χ0v) is 17.0. The number of hydrogen-bond acceptors (Lipinski definition) is 7. The number of piperazine rings is 1. The van der Waals surface area contributed by atoms with Crippen LogP contribution in [0, 0.1) is 0 Å².